The molecule has 4 rings (SSSR count). The van der Waals surface area contributed by atoms with Crippen molar-refractivity contribution >= 4 is 12.0 Å². The molecular formula is C29H30F2N2O5. The quantitative estimate of drug-likeness (QED) is 0.403. The summed E-state index contributed by atoms with van der Waals surface area (Å²) in [4.78, 5) is 27.7. The number of piperidine rings is 1. The van der Waals surface area contributed by atoms with Gasteiger partial charge in [-0.15, -0.1) is 0 Å². The summed E-state index contributed by atoms with van der Waals surface area (Å²) in [5, 5.41) is 9.34. The Balaban J connectivity index is 1.36. The number of hydrogen-bond acceptors (Lipinski definition) is 4. The molecule has 0 unspecified atom stereocenters. The number of urea groups is 1. The van der Waals surface area contributed by atoms with Gasteiger partial charge in [0.05, 0.1) is 13.7 Å². The Kier molecular flexibility index (Phi) is 8.78. The fourth-order valence-corrected chi connectivity index (χ4v) is 4.60. The number of methoxy groups -OCH3 is 1. The molecule has 7 nitrogen and oxygen atoms in total. The molecule has 1 fully saturated rings. The molecule has 1 N–H and O–H groups in total. The number of rotatable bonds is 9. The average molecular weight is 525 g/mol. The van der Waals surface area contributed by atoms with E-state index in [1.54, 1.807) is 29.2 Å². The van der Waals surface area contributed by atoms with Crippen LogP contribution >= 0.6 is 0 Å². The van der Waals surface area contributed by atoms with E-state index < -0.39 is 17.6 Å². The minimum absolute atomic E-state index is 0.0852. The Morgan fingerprint density at radius 2 is 1.76 bits per heavy atom. The van der Waals surface area contributed by atoms with Crippen molar-refractivity contribution in [3.05, 3.63) is 83.9 Å². The molecule has 1 saturated heterocycles. The largest absolute Gasteiger partial charge is 0.496 e. The highest BCUT2D eigenvalue weighted by atomic mass is 19.2. The minimum Gasteiger partial charge on any atom is -0.496 e. The third kappa shape index (κ3) is 6.79. The van der Waals surface area contributed by atoms with Crippen LogP contribution < -0.4 is 9.47 Å². The van der Waals surface area contributed by atoms with Crippen molar-refractivity contribution in [2.24, 2.45) is 5.92 Å². The number of carbonyl (C=O) groups is 2. The average Bonchev–Trinajstić information content (AvgIpc) is 2.93. The highest BCUT2D eigenvalue weighted by Gasteiger charge is 2.28. The van der Waals surface area contributed by atoms with Crippen molar-refractivity contribution in [1.82, 2.24) is 9.80 Å². The second-order valence-electron chi connectivity index (χ2n) is 9.27. The monoisotopic (exact) mass is 524 g/mol. The lowest BCUT2D eigenvalue weighted by Crippen LogP contribution is -2.49. The van der Waals surface area contributed by atoms with Crippen LogP contribution in [0.2, 0.25) is 0 Å². The maximum atomic E-state index is 13.8. The van der Waals surface area contributed by atoms with Gasteiger partial charge in [-0.3, -0.25) is 4.79 Å². The van der Waals surface area contributed by atoms with Crippen molar-refractivity contribution in [2.45, 2.75) is 19.4 Å². The number of nitrogens with zero attached hydrogens (tertiary/aromatic N) is 2. The fourth-order valence-electron chi connectivity index (χ4n) is 4.60. The van der Waals surface area contributed by atoms with Crippen LogP contribution in [0.25, 0.3) is 11.1 Å². The van der Waals surface area contributed by atoms with E-state index in [2.05, 4.69) is 0 Å². The summed E-state index contributed by atoms with van der Waals surface area (Å²) in [7, 11) is 1.40. The maximum Gasteiger partial charge on any atom is 0.323 e. The first-order valence-electron chi connectivity index (χ1n) is 12.4. The van der Waals surface area contributed by atoms with Gasteiger partial charge in [0.15, 0.2) is 11.6 Å². The number of hydrogen-bond donors (Lipinski definition) is 1. The zero-order valence-electron chi connectivity index (χ0n) is 21.1. The fraction of sp³-hybridized carbons (Fsp3) is 0.310. The van der Waals surface area contributed by atoms with Crippen LogP contribution in [0.4, 0.5) is 13.6 Å². The Bertz CT molecular complexity index is 1250. The van der Waals surface area contributed by atoms with Gasteiger partial charge in [-0.1, -0.05) is 42.5 Å². The lowest BCUT2D eigenvalue weighted by atomic mass is 9.99. The summed E-state index contributed by atoms with van der Waals surface area (Å²) in [6.45, 7) is 1.26. The molecule has 2 amide bonds. The second-order valence-corrected chi connectivity index (χ2v) is 9.27. The van der Waals surface area contributed by atoms with Crippen molar-refractivity contribution in [3.8, 4) is 22.6 Å². The standard InChI is InChI=1S/C29H30F2N2O5/c1-37-27-15-26(31)25(30)14-24(27)22-9-11-23(12-10-22)38-19-21-8-5-13-32(17-21)29(36)33(18-28(34)35)16-20-6-3-2-4-7-20/h2-4,6-7,9-12,14-15,21H,5,8,13,16-19H2,1H3,(H,34,35)/t21-/m1/s1. The predicted molar refractivity (Wildman–Crippen MR) is 138 cm³/mol. The normalized spacial score (nSPS) is 15.1. The molecule has 0 aromatic heterocycles. The van der Waals surface area contributed by atoms with Gasteiger partial charge in [-0.05, 0) is 42.2 Å². The van der Waals surface area contributed by atoms with E-state index in [1.807, 2.05) is 30.3 Å². The first-order chi connectivity index (χ1) is 18.3. The molecule has 0 aliphatic carbocycles. The van der Waals surface area contributed by atoms with Crippen LogP contribution in [0.5, 0.6) is 11.5 Å². The molecule has 0 radical (unpaired) electrons. The third-order valence-corrected chi connectivity index (χ3v) is 6.50. The molecule has 3 aromatic carbocycles. The van der Waals surface area contributed by atoms with E-state index in [1.165, 1.54) is 12.0 Å². The van der Waals surface area contributed by atoms with Crippen LogP contribution in [-0.4, -0.2) is 60.3 Å². The van der Waals surface area contributed by atoms with Crippen molar-refractivity contribution in [1.29, 1.82) is 0 Å². The molecule has 38 heavy (non-hydrogen) atoms. The van der Waals surface area contributed by atoms with Crippen molar-refractivity contribution < 1.29 is 33.0 Å². The molecule has 3 aromatic rings. The second kappa shape index (κ2) is 12.4. The molecule has 1 atom stereocenters. The van der Waals surface area contributed by atoms with Crippen LogP contribution in [-0.2, 0) is 11.3 Å². The van der Waals surface area contributed by atoms with Gasteiger partial charge in [-0.25, -0.2) is 13.6 Å². The summed E-state index contributed by atoms with van der Waals surface area (Å²) < 4.78 is 38.5. The zero-order valence-corrected chi connectivity index (χ0v) is 21.1. The number of carboxylic acids is 1. The highest BCUT2D eigenvalue weighted by molar-refractivity contribution is 5.80. The topological polar surface area (TPSA) is 79.3 Å². The van der Waals surface area contributed by atoms with E-state index >= 15 is 0 Å². The van der Waals surface area contributed by atoms with E-state index in [0.29, 0.717) is 36.6 Å². The number of carbonyl (C=O) groups excluding carboxylic acids is 1. The number of aliphatic carboxylic acids is 1. The Labute approximate surface area is 220 Å². The summed E-state index contributed by atoms with van der Waals surface area (Å²) in [6, 6.07) is 18.1. The van der Waals surface area contributed by atoms with Gasteiger partial charge < -0.3 is 24.4 Å². The molecular weight excluding hydrogens is 494 g/mol. The molecule has 0 spiro atoms. The van der Waals surface area contributed by atoms with Gasteiger partial charge in [0.2, 0.25) is 0 Å². The number of carboxylic acid groups (broad SMARTS) is 1. The van der Waals surface area contributed by atoms with E-state index in [-0.39, 0.29) is 30.8 Å². The van der Waals surface area contributed by atoms with Crippen LogP contribution in [0.15, 0.2) is 66.7 Å². The first-order valence-corrected chi connectivity index (χ1v) is 12.4. The SMILES string of the molecule is COc1cc(F)c(F)cc1-c1ccc(OC[C@@H]2CCCN(C(=O)N(CC(=O)O)Cc3ccccc3)C2)cc1. The lowest BCUT2D eigenvalue weighted by molar-refractivity contribution is -0.137. The molecule has 9 heteroatoms. The van der Waals surface area contributed by atoms with Gasteiger partial charge in [0, 0.05) is 37.2 Å². The Morgan fingerprint density at radius 3 is 2.45 bits per heavy atom. The minimum atomic E-state index is -1.06. The molecule has 200 valence electrons. The summed E-state index contributed by atoms with van der Waals surface area (Å²) in [5.74, 6) is -2.07. The zero-order chi connectivity index (χ0) is 27.1. The molecule has 0 bridgehead atoms. The highest BCUT2D eigenvalue weighted by Crippen LogP contribution is 2.33. The van der Waals surface area contributed by atoms with E-state index in [9.17, 15) is 23.5 Å². The van der Waals surface area contributed by atoms with Gasteiger partial charge in [0.1, 0.15) is 18.0 Å². The number of amides is 2. The van der Waals surface area contributed by atoms with Crippen LogP contribution in [0.1, 0.15) is 18.4 Å². The van der Waals surface area contributed by atoms with Crippen LogP contribution in [0, 0.1) is 17.6 Å². The van der Waals surface area contributed by atoms with Crippen molar-refractivity contribution in [2.75, 3.05) is 33.4 Å². The number of ether oxygens (including phenoxy) is 2. The first kappa shape index (κ1) is 26.9. The molecule has 1 aliphatic rings. The Morgan fingerprint density at radius 1 is 1.05 bits per heavy atom. The Hall–Kier alpha value is -4.14. The lowest BCUT2D eigenvalue weighted by Gasteiger charge is -2.36. The van der Waals surface area contributed by atoms with Gasteiger partial charge in [0.25, 0.3) is 0 Å². The third-order valence-electron chi connectivity index (χ3n) is 6.50. The van der Waals surface area contributed by atoms with Gasteiger partial charge >= 0.3 is 12.0 Å². The maximum absolute atomic E-state index is 13.8. The van der Waals surface area contributed by atoms with Gasteiger partial charge in [-0.2, -0.15) is 0 Å². The summed E-state index contributed by atoms with van der Waals surface area (Å²) in [6.07, 6.45) is 1.67. The van der Waals surface area contributed by atoms with Crippen LogP contribution in [0.3, 0.4) is 0 Å². The molecule has 1 aliphatic heterocycles. The number of likely N-dealkylation sites (tertiary alicyclic amines) is 1. The summed E-state index contributed by atoms with van der Waals surface area (Å²) in [5.41, 5.74) is 1.95. The molecule has 1 heterocycles. The summed E-state index contributed by atoms with van der Waals surface area (Å²) >= 11 is 0. The van der Waals surface area contributed by atoms with E-state index in [0.717, 1.165) is 30.5 Å². The van der Waals surface area contributed by atoms with Crippen molar-refractivity contribution in [3.63, 3.8) is 0 Å². The van der Waals surface area contributed by atoms with E-state index in [4.69, 9.17) is 9.47 Å². The molecule has 0 saturated carbocycles. The predicted octanol–water partition coefficient (Wildman–Crippen LogP) is 5.44. The smallest absolute Gasteiger partial charge is 0.323 e. The number of halogens is 2. The number of benzene rings is 3.